The molecule has 1 aromatic rings. The van der Waals surface area contributed by atoms with Crippen molar-refractivity contribution in [3.63, 3.8) is 0 Å². The van der Waals surface area contributed by atoms with E-state index in [9.17, 15) is 9.90 Å². The summed E-state index contributed by atoms with van der Waals surface area (Å²) in [7, 11) is 0. The molecule has 0 spiro atoms. The maximum atomic E-state index is 13.0. The van der Waals surface area contributed by atoms with Crippen LogP contribution in [0.2, 0.25) is 0 Å². The second-order valence-corrected chi connectivity index (χ2v) is 7.91. The van der Waals surface area contributed by atoms with Crippen LogP contribution in [0.15, 0.2) is 12.1 Å². The van der Waals surface area contributed by atoms with Crippen LogP contribution < -0.4 is 20.1 Å². The number of anilines is 1. The van der Waals surface area contributed by atoms with Crippen LogP contribution in [-0.4, -0.2) is 68.0 Å². The van der Waals surface area contributed by atoms with Crippen LogP contribution in [-0.2, 0) is 0 Å². The molecule has 3 N–H and O–H groups in total. The first-order chi connectivity index (χ1) is 14.1. The van der Waals surface area contributed by atoms with Crippen molar-refractivity contribution in [2.24, 2.45) is 5.92 Å². The zero-order valence-corrected chi connectivity index (χ0v) is 17.7. The van der Waals surface area contributed by atoms with Crippen LogP contribution in [0.4, 0.5) is 5.69 Å². The summed E-state index contributed by atoms with van der Waals surface area (Å²) in [6.45, 7) is 9.20. The first-order valence-electron chi connectivity index (χ1n) is 11.0. The maximum absolute atomic E-state index is 13.0. The van der Waals surface area contributed by atoms with Crippen LogP contribution >= 0.6 is 0 Å². The average molecular weight is 406 g/mol. The van der Waals surface area contributed by atoms with E-state index in [1.54, 1.807) is 0 Å². The van der Waals surface area contributed by atoms with Crippen LogP contribution in [0.3, 0.4) is 0 Å². The largest absolute Gasteiger partial charge is 0.489 e. The molecule has 29 heavy (non-hydrogen) atoms. The lowest BCUT2D eigenvalue weighted by Gasteiger charge is -2.36. The van der Waals surface area contributed by atoms with Crippen molar-refractivity contribution in [2.45, 2.75) is 45.6 Å². The number of nitrogens with zero attached hydrogens (tertiary/aromatic N) is 1. The van der Waals surface area contributed by atoms with E-state index in [1.165, 1.54) is 0 Å². The number of piperidine rings is 1. The van der Waals surface area contributed by atoms with E-state index in [0.29, 0.717) is 43.4 Å². The molecule has 1 saturated heterocycles. The molecule has 2 aliphatic rings. The van der Waals surface area contributed by atoms with Gasteiger partial charge in [0.15, 0.2) is 11.5 Å². The third-order valence-corrected chi connectivity index (χ3v) is 5.63. The molecule has 1 aromatic carbocycles. The molecule has 7 heteroatoms. The van der Waals surface area contributed by atoms with E-state index in [0.717, 1.165) is 51.0 Å². The van der Waals surface area contributed by atoms with Gasteiger partial charge in [0, 0.05) is 43.7 Å². The van der Waals surface area contributed by atoms with Gasteiger partial charge in [0.05, 0.1) is 24.9 Å². The van der Waals surface area contributed by atoms with Gasteiger partial charge in [-0.2, -0.15) is 0 Å². The molecule has 1 unspecified atom stereocenters. The number of nitrogens with one attached hydrogen (secondary N) is 2. The molecule has 0 aromatic heterocycles. The summed E-state index contributed by atoms with van der Waals surface area (Å²) in [5.74, 6) is 1.00. The van der Waals surface area contributed by atoms with Gasteiger partial charge < -0.3 is 30.1 Å². The molecule has 2 aliphatic heterocycles. The van der Waals surface area contributed by atoms with Crippen LogP contribution in [0.5, 0.6) is 11.5 Å². The number of unbranched alkanes of at least 4 members (excludes halogenated alkanes) is 1. The van der Waals surface area contributed by atoms with Gasteiger partial charge in [0.2, 0.25) is 0 Å². The lowest BCUT2D eigenvalue weighted by Crippen LogP contribution is -2.47. The fourth-order valence-electron chi connectivity index (χ4n) is 3.94. The van der Waals surface area contributed by atoms with E-state index in [2.05, 4.69) is 22.5 Å². The zero-order valence-electron chi connectivity index (χ0n) is 17.7. The molecule has 1 fully saturated rings. The van der Waals surface area contributed by atoms with E-state index in [1.807, 2.05) is 19.1 Å². The Labute approximate surface area is 173 Å². The minimum absolute atomic E-state index is 0.0737. The molecule has 7 nitrogen and oxygen atoms in total. The van der Waals surface area contributed by atoms with Crippen molar-refractivity contribution in [3.05, 3.63) is 17.7 Å². The van der Waals surface area contributed by atoms with E-state index >= 15 is 0 Å². The smallest absolute Gasteiger partial charge is 0.255 e. The van der Waals surface area contributed by atoms with E-state index in [-0.39, 0.29) is 11.8 Å². The van der Waals surface area contributed by atoms with Gasteiger partial charge >= 0.3 is 0 Å². The molecular formula is C22H35N3O4. The number of ether oxygens (including phenoxy) is 2. The van der Waals surface area contributed by atoms with Gasteiger partial charge in [0.1, 0.15) is 0 Å². The van der Waals surface area contributed by atoms with E-state index < -0.39 is 6.10 Å². The minimum atomic E-state index is -0.411. The molecule has 1 amide bonds. The summed E-state index contributed by atoms with van der Waals surface area (Å²) in [6, 6.07) is 3.70. The van der Waals surface area contributed by atoms with E-state index in [4.69, 9.17) is 9.47 Å². The summed E-state index contributed by atoms with van der Waals surface area (Å²) in [5.41, 5.74) is 1.32. The number of amides is 1. The maximum Gasteiger partial charge on any atom is 0.255 e. The number of rotatable bonds is 8. The molecule has 0 radical (unpaired) electrons. The predicted molar refractivity (Wildman–Crippen MR) is 114 cm³/mol. The van der Waals surface area contributed by atoms with Gasteiger partial charge in [-0.05, 0) is 38.9 Å². The second kappa shape index (κ2) is 10.7. The molecule has 0 aliphatic carbocycles. The Kier molecular flexibility index (Phi) is 8.00. The lowest BCUT2D eigenvalue weighted by molar-refractivity contribution is 0.0217. The Morgan fingerprint density at radius 2 is 2.10 bits per heavy atom. The highest BCUT2D eigenvalue weighted by Gasteiger charge is 2.28. The van der Waals surface area contributed by atoms with Crippen LogP contribution in [0, 0.1) is 5.92 Å². The highest BCUT2D eigenvalue weighted by atomic mass is 16.5. The number of hydrogen-bond donors (Lipinski definition) is 3. The van der Waals surface area contributed by atoms with Gasteiger partial charge in [-0.15, -0.1) is 0 Å². The first-order valence-corrected chi connectivity index (χ1v) is 11.0. The lowest BCUT2D eigenvalue weighted by atomic mass is 9.93. The fourth-order valence-corrected chi connectivity index (χ4v) is 3.94. The Bertz CT molecular complexity index is 682. The van der Waals surface area contributed by atoms with Crippen LogP contribution in [0.1, 0.15) is 49.9 Å². The predicted octanol–water partition coefficient (Wildman–Crippen LogP) is 2.49. The number of β-amino-alcohol motifs (C(OH)–C–C–N with tert-alkyl or cyclic N) is 1. The number of benzene rings is 1. The highest BCUT2D eigenvalue weighted by molar-refractivity contribution is 5.99. The summed E-state index contributed by atoms with van der Waals surface area (Å²) in [5, 5.41) is 16.8. The van der Waals surface area contributed by atoms with Crippen molar-refractivity contribution in [3.8, 4) is 11.5 Å². The summed E-state index contributed by atoms with van der Waals surface area (Å²) < 4.78 is 11.6. The Hall–Kier alpha value is -1.99. The van der Waals surface area contributed by atoms with Crippen molar-refractivity contribution in [1.82, 2.24) is 10.2 Å². The quantitative estimate of drug-likeness (QED) is 0.616. The monoisotopic (exact) mass is 405 g/mol. The van der Waals surface area contributed by atoms with Crippen LogP contribution in [0.25, 0.3) is 0 Å². The van der Waals surface area contributed by atoms with Crippen molar-refractivity contribution >= 4 is 11.6 Å². The summed E-state index contributed by atoms with van der Waals surface area (Å²) >= 11 is 0. The number of fused-ring (bicyclic) bond motifs is 1. The Morgan fingerprint density at radius 3 is 2.86 bits per heavy atom. The molecule has 2 heterocycles. The van der Waals surface area contributed by atoms with Gasteiger partial charge in [-0.3, -0.25) is 4.79 Å². The standard InChI is InChI=1S/C22H35N3O4/c1-3-5-8-25-9-7-16(19(26)15-25)14-24-22(27)18-12-17(23-4-2)13-20-21(18)29-11-6-10-28-20/h12-13,16,19,23,26H,3-11,14-15H2,1-2H3,(H,24,27)/t16-,19?/m0/s1. The van der Waals surface area contributed by atoms with Gasteiger partial charge in [0.25, 0.3) is 5.91 Å². The number of likely N-dealkylation sites (tertiary alicyclic amines) is 1. The second-order valence-electron chi connectivity index (χ2n) is 7.91. The Morgan fingerprint density at radius 1 is 1.28 bits per heavy atom. The normalized spacial score (nSPS) is 22.0. The first kappa shape index (κ1) is 21.7. The fraction of sp³-hybridized carbons (Fsp3) is 0.682. The topological polar surface area (TPSA) is 83.1 Å². The van der Waals surface area contributed by atoms with Crippen molar-refractivity contribution in [1.29, 1.82) is 0 Å². The Balaban J connectivity index is 1.64. The number of carbonyl (C=O) groups excluding carboxylic acids is 1. The van der Waals surface area contributed by atoms with Crippen molar-refractivity contribution < 1.29 is 19.4 Å². The molecular weight excluding hydrogens is 370 g/mol. The minimum Gasteiger partial charge on any atom is -0.489 e. The third-order valence-electron chi connectivity index (χ3n) is 5.63. The molecule has 2 atom stereocenters. The zero-order chi connectivity index (χ0) is 20.6. The van der Waals surface area contributed by atoms with Crippen molar-refractivity contribution in [2.75, 3.05) is 51.3 Å². The number of carbonyl (C=O) groups is 1. The number of aliphatic hydroxyl groups excluding tert-OH is 1. The highest BCUT2D eigenvalue weighted by Crippen LogP contribution is 2.36. The molecule has 0 saturated carbocycles. The number of aliphatic hydroxyl groups is 1. The number of hydrogen-bond acceptors (Lipinski definition) is 6. The molecule has 3 rings (SSSR count). The molecule has 0 bridgehead atoms. The summed E-state index contributed by atoms with van der Waals surface area (Å²) in [4.78, 5) is 15.3. The summed E-state index contributed by atoms with van der Waals surface area (Å²) in [6.07, 6.45) is 3.58. The SMILES string of the molecule is CCCCN1CC[C@@H](CNC(=O)c2cc(NCC)cc3c2OCCCO3)C(O)C1. The average Bonchev–Trinajstić information content (AvgIpc) is 2.96. The van der Waals surface area contributed by atoms with Gasteiger partial charge in [-0.25, -0.2) is 0 Å². The third kappa shape index (κ3) is 5.76. The van der Waals surface area contributed by atoms with Gasteiger partial charge in [-0.1, -0.05) is 13.3 Å². The molecule has 162 valence electrons.